The highest BCUT2D eigenvalue weighted by atomic mass is 16.5. The normalized spacial score (nSPS) is 14.4. The van der Waals surface area contributed by atoms with Gasteiger partial charge in [-0.05, 0) is 66.6 Å². The molecule has 6 nitrogen and oxygen atoms in total. The Hall–Kier alpha value is -3.38. The number of methoxy groups -OCH3 is 1. The first kappa shape index (κ1) is 25.7. The molecule has 1 N–H and O–H groups in total. The van der Waals surface area contributed by atoms with E-state index in [0.717, 1.165) is 36.3 Å². The molecular weight excluding hydrogens is 452 g/mol. The van der Waals surface area contributed by atoms with Crippen molar-refractivity contribution in [3.8, 4) is 11.5 Å². The summed E-state index contributed by atoms with van der Waals surface area (Å²) in [6.07, 6.45) is 3.79. The van der Waals surface area contributed by atoms with Crippen LogP contribution < -0.4 is 14.8 Å². The predicted molar refractivity (Wildman–Crippen MR) is 144 cm³/mol. The molecule has 3 aromatic carbocycles. The van der Waals surface area contributed by atoms with Gasteiger partial charge in [0, 0.05) is 17.5 Å². The van der Waals surface area contributed by atoms with Crippen LogP contribution in [0.25, 0.3) is 10.8 Å². The second-order valence-electron chi connectivity index (χ2n) is 10.4. The van der Waals surface area contributed by atoms with Crippen LogP contribution in [0, 0.1) is 0 Å². The summed E-state index contributed by atoms with van der Waals surface area (Å²) in [7, 11) is 1.54. The fraction of sp³-hybridized carbons (Fsp3) is 0.400. The molecule has 0 radical (unpaired) electrons. The summed E-state index contributed by atoms with van der Waals surface area (Å²) in [6.45, 7) is 9.98. The molecule has 1 amide bonds. The number of carbonyl (C=O) groups is 2. The average molecular weight is 489 g/mol. The standard InChI is InChI=1S/C30H36N2O4/c1-30(2,3)21-12-14-27(35-4)25(20-21)31-29(34)28(33)24-13-15-26(23-11-7-6-10-22(23)24)36-19-18-32-16-8-5-9-17-32/h6-7,10-15,20H,5,8-9,16-19H2,1-4H3,(H,31,34). The first-order valence-electron chi connectivity index (χ1n) is 12.7. The van der Waals surface area contributed by atoms with Crippen molar-refractivity contribution in [2.45, 2.75) is 45.4 Å². The number of carbonyl (C=O) groups excluding carboxylic acids is 2. The summed E-state index contributed by atoms with van der Waals surface area (Å²) < 4.78 is 11.5. The van der Waals surface area contributed by atoms with Crippen LogP contribution in [0.2, 0.25) is 0 Å². The van der Waals surface area contributed by atoms with Gasteiger partial charge in [0.2, 0.25) is 0 Å². The number of nitrogens with one attached hydrogen (secondary N) is 1. The van der Waals surface area contributed by atoms with Gasteiger partial charge in [0.05, 0.1) is 12.8 Å². The van der Waals surface area contributed by atoms with Crippen molar-refractivity contribution in [2.75, 3.05) is 38.7 Å². The molecule has 1 heterocycles. The molecule has 0 saturated carbocycles. The van der Waals surface area contributed by atoms with Gasteiger partial charge < -0.3 is 14.8 Å². The molecule has 0 unspecified atom stereocenters. The SMILES string of the molecule is COc1ccc(C(C)(C)C)cc1NC(=O)C(=O)c1ccc(OCCN2CCCCC2)c2ccccc12. The largest absolute Gasteiger partial charge is 0.495 e. The Balaban J connectivity index is 1.53. The van der Waals surface area contributed by atoms with Gasteiger partial charge in [-0.2, -0.15) is 0 Å². The molecule has 1 saturated heterocycles. The summed E-state index contributed by atoms with van der Waals surface area (Å²) in [5.41, 5.74) is 1.74. The number of hydrogen-bond donors (Lipinski definition) is 1. The number of ketones is 1. The lowest BCUT2D eigenvalue weighted by Crippen LogP contribution is -2.33. The molecule has 36 heavy (non-hydrogen) atoms. The Kier molecular flexibility index (Phi) is 7.94. The first-order valence-corrected chi connectivity index (χ1v) is 12.7. The Morgan fingerprint density at radius 2 is 1.61 bits per heavy atom. The molecule has 0 bridgehead atoms. The summed E-state index contributed by atoms with van der Waals surface area (Å²) in [5, 5.41) is 4.29. The Bertz CT molecular complexity index is 1240. The zero-order valence-corrected chi connectivity index (χ0v) is 21.7. The average Bonchev–Trinajstić information content (AvgIpc) is 2.88. The number of amides is 1. The number of rotatable bonds is 8. The fourth-order valence-corrected chi connectivity index (χ4v) is 4.64. The minimum atomic E-state index is -0.705. The molecule has 1 aliphatic rings. The molecule has 0 spiro atoms. The zero-order chi connectivity index (χ0) is 25.7. The Labute approximate surface area is 213 Å². The summed E-state index contributed by atoms with van der Waals surface area (Å²) in [5.74, 6) is -0.0804. The second-order valence-corrected chi connectivity index (χ2v) is 10.4. The molecular formula is C30H36N2O4. The van der Waals surface area contributed by atoms with Gasteiger partial charge in [-0.3, -0.25) is 14.5 Å². The second kappa shape index (κ2) is 11.1. The van der Waals surface area contributed by atoms with Gasteiger partial charge in [-0.1, -0.05) is 57.5 Å². The van der Waals surface area contributed by atoms with Crippen LogP contribution in [-0.2, 0) is 10.2 Å². The van der Waals surface area contributed by atoms with Crippen LogP contribution in [0.3, 0.4) is 0 Å². The van der Waals surface area contributed by atoms with Crippen molar-refractivity contribution in [1.82, 2.24) is 4.90 Å². The minimum Gasteiger partial charge on any atom is -0.495 e. The van der Waals surface area contributed by atoms with Gasteiger partial charge in [-0.25, -0.2) is 0 Å². The number of nitrogens with zero attached hydrogens (tertiary/aromatic N) is 1. The number of piperidine rings is 1. The summed E-state index contributed by atoms with van der Waals surface area (Å²) in [4.78, 5) is 28.8. The van der Waals surface area contributed by atoms with Crippen molar-refractivity contribution < 1.29 is 19.1 Å². The zero-order valence-electron chi connectivity index (χ0n) is 21.7. The topological polar surface area (TPSA) is 67.9 Å². The van der Waals surface area contributed by atoms with Gasteiger partial charge >= 0.3 is 0 Å². The molecule has 0 atom stereocenters. The van der Waals surface area contributed by atoms with Crippen LogP contribution in [0.1, 0.15) is 56.0 Å². The van der Waals surface area contributed by atoms with E-state index in [1.807, 2.05) is 42.5 Å². The number of fused-ring (bicyclic) bond motifs is 1. The monoisotopic (exact) mass is 488 g/mol. The lowest BCUT2D eigenvalue weighted by molar-refractivity contribution is -0.112. The molecule has 4 rings (SSSR count). The van der Waals surface area contributed by atoms with Crippen molar-refractivity contribution in [2.24, 2.45) is 0 Å². The van der Waals surface area contributed by atoms with E-state index >= 15 is 0 Å². The molecule has 3 aromatic rings. The van der Waals surface area contributed by atoms with E-state index in [-0.39, 0.29) is 5.41 Å². The van der Waals surface area contributed by atoms with Crippen LogP contribution >= 0.6 is 0 Å². The van der Waals surface area contributed by atoms with Crippen molar-refractivity contribution in [3.63, 3.8) is 0 Å². The third-order valence-corrected chi connectivity index (χ3v) is 6.76. The Morgan fingerprint density at radius 1 is 0.917 bits per heavy atom. The lowest BCUT2D eigenvalue weighted by Gasteiger charge is -2.26. The number of anilines is 1. The van der Waals surface area contributed by atoms with Crippen molar-refractivity contribution in [1.29, 1.82) is 0 Å². The molecule has 190 valence electrons. The number of Topliss-reactive ketones (excluding diaryl/α,β-unsaturated/α-hetero) is 1. The van der Waals surface area contributed by atoms with Crippen LogP contribution in [0.15, 0.2) is 54.6 Å². The van der Waals surface area contributed by atoms with E-state index in [0.29, 0.717) is 29.0 Å². The van der Waals surface area contributed by atoms with Crippen LogP contribution in [0.4, 0.5) is 5.69 Å². The lowest BCUT2D eigenvalue weighted by atomic mass is 9.87. The van der Waals surface area contributed by atoms with E-state index in [2.05, 4.69) is 31.0 Å². The van der Waals surface area contributed by atoms with Gasteiger partial charge in [-0.15, -0.1) is 0 Å². The van der Waals surface area contributed by atoms with Gasteiger partial charge in [0.15, 0.2) is 0 Å². The number of hydrogen-bond acceptors (Lipinski definition) is 5. The summed E-state index contributed by atoms with van der Waals surface area (Å²) >= 11 is 0. The predicted octanol–water partition coefficient (Wildman–Crippen LogP) is 5.83. The van der Waals surface area contributed by atoms with E-state index in [9.17, 15) is 9.59 Å². The van der Waals surface area contributed by atoms with E-state index in [4.69, 9.17) is 9.47 Å². The molecule has 0 aromatic heterocycles. The number of ether oxygens (including phenoxy) is 2. The highest BCUT2D eigenvalue weighted by Crippen LogP contribution is 2.32. The smallest absolute Gasteiger partial charge is 0.296 e. The molecule has 6 heteroatoms. The summed E-state index contributed by atoms with van der Waals surface area (Å²) in [6, 6.07) is 16.7. The van der Waals surface area contributed by atoms with Gasteiger partial charge in [0.25, 0.3) is 11.7 Å². The quantitative estimate of drug-likeness (QED) is 0.319. The molecule has 1 fully saturated rings. The van der Waals surface area contributed by atoms with Gasteiger partial charge in [0.1, 0.15) is 18.1 Å². The third kappa shape index (κ3) is 5.88. The maximum atomic E-state index is 13.3. The fourth-order valence-electron chi connectivity index (χ4n) is 4.64. The van der Waals surface area contributed by atoms with Crippen LogP contribution in [0.5, 0.6) is 11.5 Å². The highest BCUT2D eigenvalue weighted by molar-refractivity contribution is 6.48. The number of benzene rings is 3. The molecule has 0 aliphatic carbocycles. The van der Waals surface area contributed by atoms with Crippen LogP contribution in [-0.4, -0.2) is 49.9 Å². The van der Waals surface area contributed by atoms with E-state index in [1.54, 1.807) is 19.2 Å². The maximum Gasteiger partial charge on any atom is 0.296 e. The minimum absolute atomic E-state index is 0.115. The maximum absolute atomic E-state index is 13.3. The number of likely N-dealkylation sites (tertiary alicyclic amines) is 1. The third-order valence-electron chi connectivity index (χ3n) is 6.76. The van der Waals surface area contributed by atoms with Crippen molar-refractivity contribution in [3.05, 3.63) is 65.7 Å². The Morgan fingerprint density at radius 3 is 2.31 bits per heavy atom. The van der Waals surface area contributed by atoms with Crippen molar-refractivity contribution >= 4 is 28.2 Å². The van der Waals surface area contributed by atoms with E-state index in [1.165, 1.54) is 19.3 Å². The van der Waals surface area contributed by atoms with E-state index < -0.39 is 11.7 Å². The highest BCUT2D eigenvalue weighted by Gasteiger charge is 2.23. The molecule has 1 aliphatic heterocycles. The first-order chi connectivity index (χ1) is 17.3.